The Kier molecular flexibility index (Phi) is 5.97. The molecular weight excluding hydrogens is 464 g/mol. The van der Waals surface area contributed by atoms with E-state index in [4.69, 9.17) is 16.3 Å². The molecule has 0 bridgehead atoms. The van der Waals surface area contributed by atoms with E-state index in [2.05, 4.69) is 15.3 Å². The fourth-order valence-corrected chi connectivity index (χ4v) is 5.00. The Morgan fingerprint density at radius 3 is 2.49 bits per heavy atom. The summed E-state index contributed by atoms with van der Waals surface area (Å²) in [6.07, 6.45) is 1.50. The van der Waals surface area contributed by atoms with Crippen molar-refractivity contribution < 1.29 is 14.3 Å². The molecular formula is C27H27ClN4O3. The molecule has 7 nitrogen and oxygen atoms in total. The van der Waals surface area contributed by atoms with Gasteiger partial charge in [0.15, 0.2) is 5.78 Å². The predicted octanol–water partition coefficient (Wildman–Crippen LogP) is 5.44. The van der Waals surface area contributed by atoms with Gasteiger partial charge >= 0.3 is 0 Å². The van der Waals surface area contributed by atoms with Crippen molar-refractivity contribution in [2.45, 2.75) is 45.6 Å². The molecule has 8 heteroatoms. The molecule has 0 radical (unpaired) electrons. The Morgan fingerprint density at radius 2 is 1.77 bits per heavy atom. The molecule has 1 spiro atoms. The number of carbonyl (C=O) groups is 2. The summed E-state index contributed by atoms with van der Waals surface area (Å²) in [4.78, 5) is 36.8. The number of fused-ring (bicyclic) bond motifs is 1. The van der Waals surface area contributed by atoms with E-state index >= 15 is 0 Å². The van der Waals surface area contributed by atoms with Gasteiger partial charge in [0.1, 0.15) is 11.4 Å². The van der Waals surface area contributed by atoms with E-state index in [1.54, 1.807) is 6.07 Å². The van der Waals surface area contributed by atoms with Crippen LogP contribution in [0, 0.1) is 20.8 Å². The third-order valence-electron chi connectivity index (χ3n) is 6.68. The number of rotatable bonds is 3. The van der Waals surface area contributed by atoms with Gasteiger partial charge in [0.25, 0.3) is 5.91 Å². The number of likely N-dealkylation sites (tertiary alicyclic amines) is 1. The number of anilines is 2. The summed E-state index contributed by atoms with van der Waals surface area (Å²) in [5, 5.41) is 3.76. The van der Waals surface area contributed by atoms with Crippen molar-refractivity contribution in [2.75, 3.05) is 18.4 Å². The average molecular weight is 491 g/mol. The molecule has 2 aliphatic rings. The zero-order valence-electron chi connectivity index (χ0n) is 20.0. The van der Waals surface area contributed by atoms with Crippen LogP contribution in [0.5, 0.6) is 5.75 Å². The number of halogens is 1. The van der Waals surface area contributed by atoms with E-state index in [-0.39, 0.29) is 11.7 Å². The highest BCUT2D eigenvalue weighted by Crippen LogP contribution is 2.41. The maximum Gasteiger partial charge on any atom is 0.253 e. The van der Waals surface area contributed by atoms with Crippen LogP contribution in [-0.4, -0.2) is 45.2 Å². The Balaban J connectivity index is 1.28. The zero-order chi connectivity index (χ0) is 24.7. The highest BCUT2D eigenvalue weighted by molar-refractivity contribution is 6.31. The minimum atomic E-state index is -0.578. The number of aryl methyl sites for hydroxylation is 3. The molecule has 1 saturated heterocycles. The molecule has 0 aliphatic carbocycles. The Morgan fingerprint density at radius 1 is 1.06 bits per heavy atom. The number of Topliss-reactive ketones (excluding diaryl/α,β-unsaturated/α-hetero) is 1. The minimum Gasteiger partial charge on any atom is -0.486 e. The number of carbonyl (C=O) groups excluding carboxylic acids is 2. The highest BCUT2D eigenvalue weighted by atomic mass is 35.5. The maximum atomic E-state index is 13.3. The van der Waals surface area contributed by atoms with Crippen LogP contribution < -0.4 is 10.1 Å². The molecule has 180 valence electrons. The zero-order valence-corrected chi connectivity index (χ0v) is 20.8. The van der Waals surface area contributed by atoms with Crippen LogP contribution in [-0.2, 0) is 0 Å². The van der Waals surface area contributed by atoms with Crippen molar-refractivity contribution in [1.82, 2.24) is 14.9 Å². The third kappa shape index (κ3) is 4.73. The first-order chi connectivity index (χ1) is 16.7. The van der Waals surface area contributed by atoms with Crippen LogP contribution in [0.15, 0.2) is 42.5 Å². The van der Waals surface area contributed by atoms with Crippen LogP contribution in [0.3, 0.4) is 0 Å². The molecule has 0 atom stereocenters. The van der Waals surface area contributed by atoms with Gasteiger partial charge < -0.3 is 15.0 Å². The van der Waals surface area contributed by atoms with Gasteiger partial charge in [0.05, 0.1) is 12.0 Å². The summed E-state index contributed by atoms with van der Waals surface area (Å²) >= 11 is 6.21. The third-order valence-corrected chi connectivity index (χ3v) is 7.09. The fourth-order valence-electron chi connectivity index (χ4n) is 4.83. The molecule has 0 saturated carbocycles. The number of hydrogen-bond donors (Lipinski definition) is 1. The standard InChI is InChI=1S/C27H27ClN4O3/c1-16-11-24-21(14-22(16)28)23(33)15-27(35-24)7-9-32(10-8-27)25(34)19-5-4-6-20(13-19)31-26-29-17(2)12-18(3)30-26/h4-6,11-14H,7-10,15H2,1-3H3,(H,29,30,31). The second-order valence-corrected chi connectivity index (χ2v) is 9.86. The number of nitrogens with one attached hydrogen (secondary N) is 1. The van der Waals surface area contributed by atoms with Crippen molar-refractivity contribution in [2.24, 2.45) is 0 Å². The van der Waals surface area contributed by atoms with Crippen molar-refractivity contribution in [3.05, 3.63) is 75.6 Å². The summed E-state index contributed by atoms with van der Waals surface area (Å²) in [6, 6.07) is 12.8. The smallest absolute Gasteiger partial charge is 0.253 e. The molecule has 5 rings (SSSR count). The molecule has 3 heterocycles. The highest BCUT2D eigenvalue weighted by Gasteiger charge is 2.44. The summed E-state index contributed by atoms with van der Waals surface area (Å²) in [5.41, 5.74) is 3.93. The van der Waals surface area contributed by atoms with Gasteiger partial charge in [-0.15, -0.1) is 0 Å². The summed E-state index contributed by atoms with van der Waals surface area (Å²) < 4.78 is 6.36. The van der Waals surface area contributed by atoms with Crippen LogP contribution in [0.25, 0.3) is 0 Å². The van der Waals surface area contributed by atoms with Crippen LogP contribution in [0.1, 0.15) is 56.9 Å². The van der Waals surface area contributed by atoms with Crippen molar-refractivity contribution >= 4 is 34.9 Å². The number of ketones is 1. The summed E-state index contributed by atoms with van der Waals surface area (Å²) in [5.74, 6) is 1.09. The van der Waals surface area contributed by atoms with E-state index in [0.717, 1.165) is 22.6 Å². The number of piperidine rings is 1. The lowest BCUT2D eigenvalue weighted by Crippen LogP contribution is -2.52. The topological polar surface area (TPSA) is 84.4 Å². The largest absolute Gasteiger partial charge is 0.486 e. The minimum absolute atomic E-state index is 0.0420. The first-order valence-corrected chi connectivity index (χ1v) is 12.1. The van der Waals surface area contributed by atoms with Gasteiger partial charge in [-0.25, -0.2) is 9.97 Å². The molecule has 1 N–H and O–H groups in total. The van der Waals surface area contributed by atoms with Gasteiger partial charge in [-0.2, -0.15) is 0 Å². The van der Waals surface area contributed by atoms with Crippen molar-refractivity contribution in [1.29, 1.82) is 0 Å². The van der Waals surface area contributed by atoms with Gasteiger partial charge in [0.2, 0.25) is 5.95 Å². The molecule has 2 aliphatic heterocycles. The Bertz CT molecular complexity index is 1310. The molecule has 1 fully saturated rings. The lowest BCUT2D eigenvalue weighted by Gasteiger charge is -2.44. The molecule has 1 amide bonds. The number of nitrogens with zero attached hydrogens (tertiary/aromatic N) is 3. The number of amides is 1. The first kappa shape index (κ1) is 23.3. The van der Waals surface area contributed by atoms with Gasteiger partial charge in [-0.05, 0) is 62.7 Å². The first-order valence-electron chi connectivity index (χ1n) is 11.7. The quantitative estimate of drug-likeness (QED) is 0.526. The maximum absolute atomic E-state index is 13.3. The molecule has 3 aromatic rings. The molecule has 35 heavy (non-hydrogen) atoms. The van der Waals surface area contributed by atoms with Crippen LogP contribution in [0.2, 0.25) is 5.02 Å². The van der Waals surface area contributed by atoms with E-state index in [1.807, 2.05) is 62.1 Å². The summed E-state index contributed by atoms with van der Waals surface area (Å²) in [7, 11) is 0. The monoisotopic (exact) mass is 490 g/mol. The van der Waals surface area contributed by atoms with Gasteiger partial charge in [-0.1, -0.05) is 17.7 Å². The van der Waals surface area contributed by atoms with E-state index < -0.39 is 5.60 Å². The Labute approximate surface area is 209 Å². The van der Waals surface area contributed by atoms with Gasteiger partial charge in [0, 0.05) is 53.6 Å². The lowest BCUT2D eigenvalue weighted by molar-refractivity contribution is -0.00573. The normalized spacial score (nSPS) is 16.6. The number of benzene rings is 2. The Hall–Kier alpha value is -3.45. The number of aromatic nitrogens is 2. The summed E-state index contributed by atoms with van der Waals surface area (Å²) in [6.45, 7) is 6.77. The predicted molar refractivity (Wildman–Crippen MR) is 135 cm³/mol. The van der Waals surface area contributed by atoms with Crippen molar-refractivity contribution in [3.63, 3.8) is 0 Å². The number of ether oxygens (including phenoxy) is 1. The number of hydrogen-bond acceptors (Lipinski definition) is 6. The van der Waals surface area contributed by atoms with E-state index in [9.17, 15) is 9.59 Å². The van der Waals surface area contributed by atoms with E-state index in [1.165, 1.54) is 0 Å². The lowest BCUT2D eigenvalue weighted by atomic mass is 9.82. The molecule has 0 unspecified atom stereocenters. The molecule has 1 aromatic heterocycles. The van der Waals surface area contributed by atoms with Gasteiger partial charge in [-0.3, -0.25) is 9.59 Å². The average Bonchev–Trinajstić information content (AvgIpc) is 2.80. The fraction of sp³-hybridized carbons (Fsp3) is 0.333. The second kappa shape index (κ2) is 8.96. The van der Waals surface area contributed by atoms with Crippen molar-refractivity contribution in [3.8, 4) is 5.75 Å². The second-order valence-electron chi connectivity index (χ2n) is 9.45. The SMILES string of the molecule is Cc1cc(C)nc(Nc2cccc(C(=O)N3CCC4(CC3)CC(=O)c3cc(Cl)c(C)cc3O4)c2)n1. The van der Waals surface area contributed by atoms with Crippen LogP contribution >= 0.6 is 11.6 Å². The van der Waals surface area contributed by atoms with E-state index in [0.29, 0.717) is 60.2 Å². The van der Waals surface area contributed by atoms with Crippen LogP contribution in [0.4, 0.5) is 11.6 Å². The molecule has 2 aromatic carbocycles.